The zero-order chi connectivity index (χ0) is 13.3. The van der Waals surface area contributed by atoms with Gasteiger partial charge in [0.05, 0.1) is 0 Å². The zero-order valence-corrected chi connectivity index (χ0v) is 11.9. The fourth-order valence-corrected chi connectivity index (χ4v) is 3.01. The molecular formula is C16H23NO. The van der Waals surface area contributed by atoms with E-state index < -0.39 is 0 Å². The maximum Gasteiger partial charge on any atom is 0.136 e. The van der Waals surface area contributed by atoms with E-state index in [-0.39, 0.29) is 5.54 Å². The molecule has 0 amide bonds. The van der Waals surface area contributed by atoms with Gasteiger partial charge in [0, 0.05) is 30.6 Å². The molecule has 0 aliphatic carbocycles. The lowest BCUT2D eigenvalue weighted by Gasteiger charge is -2.45. The summed E-state index contributed by atoms with van der Waals surface area (Å²) in [5.41, 5.74) is 3.98. The van der Waals surface area contributed by atoms with E-state index in [0.717, 1.165) is 13.0 Å². The number of anilines is 1. The van der Waals surface area contributed by atoms with E-state index in [2.05, 4.69) is 50.8 Å². The van der Waals surface area contributed by atoms with E-state index in [9.17, 15) is 4.79 Å². The predicted octanol–water partition coefficient (Wildman–Crippen LogP) is 3.51. The van der Waals surface area contributed by atoms with E-state index in [1.165, 1.54) is 16.8 Å². The Kier molecular flexibility index (Phi) is 3.47. The first-order valence-corrected chi connectivity index (χ1v) is 6.83. The number of rotatable bonds is 2. The van der Waals surface area contributed by atoms with Crippen molar-refractivity contribution in [3.8, 4) is 0 Å². The van der Waals surface area contributed by atoms with Crippen molar-refractivity contribution >= 4 is 11.5 Å². The molecular weight excluding hydrogens is 222 g/mol. The number of benzene rings is 1. The normalized spacial score (nSPS) is 19.1. The summed E-state index contributed by atoms with van der Waals surface area (Å²) in [6.07, 6.45) is 2.38. The fraction of sp³-hybridized carbons (Fsp3) is 0.562. The molecule has 1 aliphatic rings. The van der Waals surface area contributed by atoms with Crippen LogP contribution in [0.2, 0.25) is 0 Å². The molecule has 0 aromatic heterocycles. The number of nitrogens with zero attached hydrogens (tertiary/aromatic N) is 1. The van der Waals surface area contributed by atoms with E-state index in [0.29, 0.717) is 18.6 Å². The standard InChI is InChI=1S/C16H23NO/c1-5-13-8-6-7-12(2)15(13)17-10-9-14(18)11-16(17,3)4/h6-8H,5,9-11H2,1-4H3. The molecule has 2 heteroatoms. The monoisotopic (exact) mass is 245 g/mol. The molecule has 2 nitrogen and oxygen atoms in total. The molecule has 1 aliphatic heterocycles. The zero-order valence-electron chi connectivity index (χ0n) is 11.9. The maximum atomic E-state index is 11.7. The summed E-state index contributed by atoms with van der Waals surface area (Å²) in [6.45, 7) is 9.57. The highest BCUT2D eigenvalue weighted by atomic mass is 16.1. The third-order valence-electron chi connectivity index (χ3n) is 3.95. The molecule has 1 aromatic carbocycles. The summed E-state index contributed by atoms with van der Waals surface area (Å²) in [4.78, 5) is 14.1. The van der Waals surface area contributed by atoms with Gasteiger partial charge in [-0.2, -0.15) is 0 Å². The van der Waals surface area contributed by atoms with Gasteiger partial charge in [0.15, 0.2) is 0 Å². The topological polar surface area (TPSA) is 20.3 Å². The molecule has 0 unspecified atom stereocenters. The summed E-state index contributed by atoms with van der Waals surface area (Å²) in [6, 6.07) is 6.50. The molecule has 1 heterocycles. The molecule has 1 fully saturated rings. The van der Waals surface area contributed by atoms with Crippen molar-refractivity contribution < 1.29 is 4.79 Å². The van der Waals surface area contributed by atoms with Gasteiger partial charge in [0.25, 0.3) is 0 Å². The first kappa shape index (κ1) is 13.1. The van der Waals surface area contributed by atoms with E-state index >= 15 is 0 Å². The van der Waals surface area contributed by atoms with Crippen LogP contribution in [0.3, 0.4) is 0 Å². The summed E-state index contributed by atoms with van der Waals surface area (Å²) in [5.74, 6) is 0.392. The third kappa shape index (κ3) is 2.29. The number of Topliss-reactive ketones (excluding diaryl/α,β-unsaturated/α-hetero) is 1. The third-order valence-corrected chi connectivity index (χ3v) is 3.95. The Balaban J connectivity index is 2.45. The Morgan fingerprint density at radius 3 is 2.67 bits per heavy atom. The minimum atomic E-state index is -0.0641. The van der Waals surface area contributed by atoms with E-state index in [4.69, 9.17) is 0 Å². The van der Waals surface area contributed by atoms with Crippen LogP contribution in [0.25, 0.3) is 0 Å². The van der Waals surface area contributed by atoms with Crippen molar-refractivity contribution in [1.29, 1.82) is 0 Å². The van der Waals surface area contributed by atoms with Gasteiger partial charge in [0.1, 0.15) is 5.78 Å². The van der Waals surface area contributed by atoms with Crippen LogP contribution < -0.4 is 4.90 Å². The Labute approximate surface area is 110 Å². The van der Waals surface area contributed by atoms with Crippen LogP contribution in [-0.4, -0.2) is 17.9 Å². The SMILES string of the molecule is CCc1cccc(C)c1N1CCC(=O)CC1(C)C. The number of piperidine rings is 1. The molecule has 0 spiro atoms. The molecule has 2 rings (SSSR count). The first-order valence-electron chi connectivity index (χ1n) is 6.83. The smallest absolute Gasteiger partial charge is 0.136 e. The van der Waals surface area contributed by atoms with Gasteiger partial charge in [-0.05, 0) is 38.3 Å². The lowest BCUT2D eigenvalue weighted by molar-refractivity contribution is -0.121. The van der Waals surface area contributed by atoms with Crippen molar-refractivity contribution in [2.75, 3.05) is 11.4 Å². The van der Waals surface area contributed by atoms with Crippen molar-refractivity contribution in [3.63, 3.8) is 0 Å². The predicted molar refractivity (Wildman–Crippen MR) is 76.2 cm³/mol. The molecule has 0 radical (unpaired) electrons. The second kappa shape index (κ2) is 4.75. The Bertz CT molecular complexity index is 462. The largest absolute Gasteiger partial charge is 0.365 e. The molecule has 98 valence electrons. The molecule has 18 heavy (non-hydrogen) atoms. The van der Waals surface area contributed by atoms with Crippen LogP contribution in [0.5, 0.6) is 0 Å². The highest BCUT2D eigenvalue weighted by Gasteiger charge is 2.35. The minimum absolute atomic E-state index is 0.0641. The Morgan fingerprint density at radius 1 is 1.33 bits per heavy atom. The summed E-state index contributed by atoms with van der Waals surface area (Å²) in [5, 5.41) is 0. The lowest BCUT2D eigenvalue weighted by Crippen LogP contribution is -2.51. The Hall–Kier alpha value is -1.31. The van der Waals surface area contributed by atoms with Gasteiger partial charge in [-0.1, -0.05) is 25.1 Å². The summed E-state index contributed by atoms with van der Waals surface area (Å²) < 4.78 is 0. The molecule has 0 bridgehead atoms. The molecule has 0 saturated carbocycles. The van der Waals surface area contributed by atoms with Crippen LogP contribution in [0.1, 0.15) is 44.7 Å². The van der Waals surface area contributed by atoms with Crippen LogP contribution in [-0.2, 0) is 11.2 Å². The van der Waals surface area contributed by atoms with Gasteiger partial charge in [-0.3, -0.25) is 4.79 Å². The van der Waals surface area contributed by atoms with Crippen LogP contribution in [0, 0.1) is 6.92 Å². The second-order valence-corrected chi connectivity index (χ2v) is 5.87. The number of aryl methyl sites for hydroxylation is 2. The van der Waals surface area contributed by atoms with Crippen LogP contribution >= 0.6 is 0 Å². The quantitative estimate of drug-likeness (QED) is 0.794. The van der Waals surface area contributed by atoms with Crippen molar-refractivity contribution in [1.82, 2.24) is 0 Å². The number of hydrogen-bond acceptors (Lipinski definition) is 2. The average Bonchev–Trinajstić information content (AvgIpc) is 2.29. The molecule has 0 N–H and O–H groups in total. The van der Waals surface area contributed by atoms with Crippen LogP contribution in [0.15, 0.2) is 18.2 Å². The summed E-state index contributed by atoms with van der Waals surface area (Å²) in [7, 11) is 0. The van der Waals surface area contributed by atoms with Crippen LogP contribution in [0.4, 0.5) is 5.69 Å². The fourth-order valence-electron chi connectivity index (χ4n) is 3.01. The number of carbonyl (C=O) groups excluding carboxylic acids is 1. The molecule has 0 atom stereocenters. The molecule has 1 aromatic rings. The average molecular weight is 245 g/mol. The summed E-state index contributed by atoms with van der Waals surface area (Å²) >= 11 is 0. The number of para-hydroxylation sites is 1. The number of hydrogen-bond donors (Lipinski definition) is 0. The van der Waals surface area contributed by atoms with Gasteiger partial charge in [0.2, 0.25) is 0 Å². The maximum absolute atomic E-state index is 11.7. The number of carbonyl (C=O) groups is 1. The molecule has 1 saturated heterocycles. The lowest BCUT2D eigenvalue weighted by atomic mass is 9.87. The highest BCUT2D eigenvalue weighted by molar-refractivity contribution is 5.83. The van der Waals surface area contributed by atoms with Crippen molar-refractivity contribution in [2.24, 2.45) is 0 Å². The van der Waals surface area contributed by atoms with Gasteiger partial charge >= 0.3 is 0 Å². The van der Waals surface area contributed by atoms with Gasteiger partial charge < -0.3 is 4.90 Å². The first-order chi connectivity index (χ1) is 8.45. The Morgan fingerprint density at radius 2 is 2.06 bits per heavy atom. The van der Waals surface area contributed by atoms with E-state index in [1.807, 2.05) is 0 Å². The minimum Gasteiger partial charge on any atom is -0.365 e. The highest BCUT2D eigenvalue weighted by Crippen LogP contribution is 2.35. The van der Waals surface area contributed by atoms with Crippen molar-refractivity contribution in [3.05, 3.63) is 29.3 Å². The van der Waals surface area contributed by atoms with Gasteiger partial charge in [-0.15, -0.1) is 0 Å². The van der Waals surface area contributed by atoms with Gasteiger partial charge in [-0.25, -0.2) is 0 Å². The van der Waals surface area contributed by atoms with E-state index in [1.54, 1.807) is 0 Å². The second-order valence-electron chi connectivity index (χ2n) is 5.87. The number of ketones is 1. The van der Waals surface area contributed by atoms with Crippen molar-refractivity contribution in [2.45, 2.75) is 52.5 Å².